The van der Waals surface area contributed by atoms with Gasteiger partial charge in [-0.2, -0.15) is 5.10 Å². The molecule has 1 heterocycles. The molecule has 5 nitrogen and oxygen atoms in total. The van der Waals surface area contributed by atoms with E-state index in [-0.39, 0.29) is 0 Å². The number of aliphatic carboxylic acids is 1. The van der Waals surface area contributed by atoms with Gasteiger partial charge in [0.1, 0.15) is 5.75 Å². The van der Waals surface area contributed by atoms with Gasteiger partial charge < -0.3 is 9.84 Å². The second-order valence-electron chi connectivity index (χ2n) is 7.00. The summed E-state index contributed by atoms with van der Waals surface area (Å²) in [5.41, 5.74) is 2.42. The predicted octanol–water partition coefficient (Wildman–Crippen LogP) is 4.85. The van der Waals surface area contributed by atoms with Gasteiger partial charge in [-0.05, 0) is 56.3 Å². The van der Waals surface area contributed by atoms with E-state index < -0.39 is 11.4 Å². The van der Waals surface area contributed by atoms with Gasteiger partial charge in [-0.1, -0.05) is 23.7 Å². The Kier molecular flexibility index (Phi) is 5.24. The van der Waals surface area contributed by atoms with Gasteiger partial charge in [-0.15, -0.1) is 0 Å². The number of hydrogen-bond donors (Lipinski definition) is 1. The highest BCUT2D eigenvalue weighted by Gasteiger charge is 2.29. The van der Waals surface area contributed by atoms with E-state index in [9.17, 15) is 9.90 Å². The van der Waals surface area contributed by atoms with Crippen molar-refractivity contribution in [2.75, 3.05) is 7.11 Å². The number of carbonyl (C=O) groups is 1. The zero-order valence-electron chi connectivity index (χ0n) is 15.4. The molecule has 0 atom stereocenters. The number of hydrogen-bond acceptors (Lipinski definition) is 3. The maximum absolute atomic E-state index is 11.6. The molecule has 0 fully saturated rings. The second kappa shape index (κ2) is 7.45. The minimum atomic E-state index is -0.915. The Hall–Kier alpha value is -2.79. The van der Waals surface area contributed by atoms with Crippen LogP contribution in [-0.2, 0) is 11.2 Å². The lowest BCUT2D eigenvalue weighted by molar-refractivity contribution is -0.146. The number of carboxylic acid groups (broad SMARTS) is 1. The summed E-state index contributed by atoms with van der Waals surface area (Å²) in [6.45, 7) is 3.42. The quantitative estimate of drug-likeness (QED) is 0.659. The zero-order valence-corrected chi connectivity index (χ0v) is 16.2. The maximum Gasteiger partial charge on any atom is 0.309 e. The molecule has 6 heteroatoms. The third kappa shape index (κ3) is 4.14. The van der Waals surface area contributed by atoms with Crippen LogP contribution in [0, 0.1) is 5.41 Å². The predicted molar refractivity (Wildman–Crippen MR) is 106 cm³/mol. The van der Waals surface area contributed by atoms with Crippen LogP contribution in [0.2, 0.25) is 5.02 Å². The van der Waals surface area contributed by atoms with E-state index in [0.717, 1.165) is 28.4 Å². The van der Waals surface area contributed by atoms with Crippen LogP contribution in [0.25, 0.3) is 16.9 Å². The normalized spacial score (nSPS) is 11.4. The zero-order chi connectivity index (χ0) is 19.6. The third-order valence-electron chi connectivity index (χ3n) is 4.44. The molecule has 2 aromatic carbocycles. The fraction of sp³-hybridized carbons (Fsp3) is 0.238. The van der Waals surface area contributed by atoms with Crippen molar-refractivity contribution in [3.63, 3.8) is 0 Å². The summed E-state index contributed by atoms with van der Waals surface area (Å²) in [5, 5.41) is 14.9. The minimum Gasteiger partial charge on any atom is -0.497 e. The van der Waals surface area contributed by atoms with Crippen molar-refractivity contribution in [1.29, 1.82) is 0 Å². The van der Waals surface area contributed by atoms with Gasteiger partial charge in [0.05, 0.1) is 23.9 Å². The number of ether oxygens (including phenoxy) is 1. The highest BCUT2D eigenvalue weighted by molar-refractivity contribution is 6.30. The molecule has 0 saturated heterocycles. The fourth-order valence-electron chi connectivity index (χ4n) is 2.78. The van der Waals surface area contributed by atoms with Crippen LogP contribution >= 0.6 is 11.6 Å². The van der Waals surface area contributed by atoms with Crippen molar-refractivity contribution in [3.05, 3.63) is 65.3 Å². The van der Waals surface area contributed by atoms with Crippen molar-refractivity contribution in [3.8, 4) is 22.7 Å². The lowest BCUT2D eigenvalue weighted by Gasteiger charge is -2.19. The largest absolute Gasteiger partial charge is 0.497 e. The van der Waals surface area contributed by atoms with Crippen LogP contribution in [-0.4, -0.2) is 28.0 Å². The van der Waals surface area contributed by atoms with Crippen LogP contribution in [0.3, 0.4) is 0 Å². The van der Waals surface area contributed by atoms with E-state index in [1.54, 1.807) is 25.6 Å². The van der Waals surface area contributed by atoms with E-state index >= 15 is 0 Å². The van der Waals surface area contributed by atoms with E-state index in [1.165, 1.54) is 0 Å². The first-order valence-corrected chi connectivity index (χ1v) is 8.91. The first-order valence-electron chi connectivity index (χ1n) is 8.53. The summed E-state index contributed by atoms with van der Waals surface area (Å²) in [6, 6.07) is 16.8. The molecular formula is C21H21ClN2O3. The van der Waals surface area contributed by atoms with Crippen molar-refractivity contribution in [1.82, 2.24) is 9.78 Å². The van der Waals surface area contributed by atoms with Gasteiger partial charge in [0.2, 0.25) is 0 Å². The van der Waals surface area contributed by atoms with Crippen molar-refractivity contribution in [2.24, 2.45) is 5.41 Å². The van der Waals surface area contributed by atoms with Gasteiger partial charge in [-0.25, -0.2) is 4.68 Å². The number of halogens is 1. The van der Waals surface area contributed by atoms with Gasteiger partial charge in [0.25, 0.3) is 0 Å². The van der Waals surface area contributed by atoms with Crippen molar-refractivity contribution < 1.29 is 14.6 Å². The highest BCUT2D eigenvalue weighted by atomic mass is 35.5. The summed E-state index contributed by atoms with van der Waals surface area (Å²) >= 11 is 5.98. The van der Waals surface area contributed by atoms with Crippen molar-refractivity contribution >= 4 is 17.6 Å². The molecule has 0 saturated carbocycles. The first kappa shape index (κ1) is 19.0. The molecule has 0 aliphatic carbocycles. The van der Waals surface area contributed by atoms with Gasteiger partial charge in [-0.3, -0.25) is 4.79 Å². The van der Waals surface area contributed by atoms with E-state index in [4.69, 9.17) is 21.4 Å². The Bertz CT molecular complexity index is 945. The van der Waals surface area contributed by atoms with E-state index in [1.807, 2.05) is 54.6 Å². The van der Waals surface area contributed by atoms with Gasteiger partial charge in [0, 0.05) is 22.7 Å². The van der Waals surface area contributed by atoms with Crippen LogP contribution in [0.4, 0.5) is 0 Å². The molecule has 0 aliphatic heterocycles. The molecule has 1 N–H and O–H groups in total. The van der Waals surface area contributed by atoms with Gasteiger partial charge in [0.15, 0.2) is 0 Å². The number of methoxy groups -OCH3 is 1. The fourth-order valence-corrected chi connectivity index (χ4v) is 2.91. The molecule has 1 aromatic heterocycles. The minimum absolute atomic E-state index is 0.342. The average molecular weight is 385 g/mol. The Morgan fingerprint density at radius 2 is 1.78 bits per heavy atom. The second-order valence-corrected chi connectivity index (χ2v) is 7.44. The Morgan fingerprint density at radius 3 is 2.33 bits per heavy atom. The Morgan fingerprint density at radius 1 is 1.15 bits per heavy atom. The number of benzene rings is 2. The van der Waals surface area contributed by atoms with Crippen molar-refractivity contribution in [2.45, 2.75) is 20.3 Å². The summed E-state index contributed by atoms with van der Waals surface area (Å²) in [5.74, 6) is -0.103. The Balaban J connectivity index is 2.08. The monoisotopic (exact) mass is 384 g/mol. The SMILES string of the molecule is COc1ccc(-n2nc(-c3ccc(Cl)cc3)cc2CC(C)(C)C(=O)O)cc1. The molecule has 0 radical (unpaired) electrons. The molecule has 3 rings (SSSR count). The third-order valence-corrected chi connectivity index (χ3v) is 4.69. The number of carboxylic acids is 1. The van der Waals surface area contributed by atoms with Crippen LogP contribution in [0.1, 0.15) is 19.5 Å². The summed E-state index contributed by atoms with van der Waals surface area (Å²) in [4.78, 5) is 11.6. The molecule has 0 unspecified atom stereocenters. The number of rotatable bonds is 6. The molecular weight excluding hydrogens is 364 g/mol. The van der Waals surface area contributed by atoms with Crippen LogP contribution in [0.5, 0.6) is 5.75 Å². The van der Waals surface area contributed by atoms with Gasteiger partial charge >= 0.3 is 5.97 Å². The topological polar surface area (TPSA) is 64.4 Å². The number of aromatic nitrogens is 2. The molecule has 0 bridgehead atoms. The summed E-state index contributed by atoms with van der Waals surface area (Å²) in [7, 11) is 1.61. The molecule has 0 amide bonds. The van der Waals surface area contributed by atoms with E-state index in [2.05, 4.69) is 0 Å². The highest BCUT2D eigenvalue weighted by Crippen LogP contribution is 2.29. The maximum atomic E-state index is 11.6. The standard InChI is InChI=1S/C21H21ClN2O3/c1-21(2,20(25)26)13-17-12-19(14-4-6-15(22)7-5-14)23-24(17)16-8-10-18(27-3)11-9-16/h4-12H,13H2,1-3H3,(H,25,26). The molecule has 3 aromatic rings. The van der Waals surface area contributed by atoms with Crippen LogP contribution < -0.4 is 4.74 Å². The average Bonchev–Trinajstić information content (AvgIpc) is 3.05. The van der Waals surface area contributed by atoms with Crippen LogP contribution in [0.15, 0.2) is 54.6 Å². The van der Waals surface area contributed by atoms with E-state index in [0.29, 0.717) is 11.4 Å². The molecule has 0 aliphatic rings. The Labute approximate surface area is 163 Å². The molecule has 140 valence electrons. The lowest BCUT2D eigenvalue weighted by atomic mass is 9.88. The molecule has 27 heavy (non-hydrogen) atoms. The molecule has 0 spiro atoms. The smallest absolute Gasteiger partial charge is 0.309 e. The lowest BCUT2D eigenvalue weighted by Crippen LogP contribution is -2.27. The first-order chi connectivity index (χ1) is 12.8. The summed E-state index contributed by atoms with van der Waals surface area (Å²) in [6.07, 6.45) is 0.342. The summed E-state index contributed by atoms with van der Waals surface area (Å²) < 4.78 is 7.00. The number of nitrogens with zero attached hydrogens (tertiary/aromatic N) is 2.